The van der Waals surface area contributed by atoms with Gasteiger partial charge < -0.3 is 15.0 Å². The molecule has 0 aliphatic carbocycles. The molecule has 0 spiro atoms. The second kappa shape index (κ2) is 6.53. The van der Waals surface area contributed by atoms with Gasteiger partial charge in [0, 0.05) is 18.6 Å². The number of nitrogens with zero attached hydrogens (tertiary/aromatic N) is 1. The van der Waals surface area contributed by atoms with E-state index in [0.29, 0.717) is 25.2 Å². The Morgan fingerprint density at radius 1 is 1.39 bits per heavy atom. The normalized spacial score (nSPS) is 32.1. The van der Waals surface area contributed by atoms with E-state index in [1.807, 2.05) is 0 Å². The van der Waals surface area contributed by atoms with Gasteiger partial charge in [0.1, 0.15) is 0 Å². The van der Waals surface area contributed by atoms with Crippen molar-refractivity contribution in [2.75, 3.05) is 26.3 Å². The van der Waals surface area contributed by atoms with Crippen molar-refractivity contribution in [1.29, 1.82) is 0 Å². The summed E-state index contributed by atoms with van der Waals surface area (Å²) in [4.78, 5) is 14.7. The second-order valence-electron chi connectivity index (χ2n) is 5.44. The van der Waals surface area contributed by atoms with Crippen LogP contribution in [0.25, 0.3) is 0 Å². The highest BCUT2D eigenvalue weighted by Gasteiger charge is 2.39. The Labute approximate surface area is 110 Å². The summed E-state index contributed by atoms with van der Waals surface area (Å²) in [5, 5.41) is 3.45. The average Bonchev–Trinajstić information content (AvgIpc) is 3.03. The predicted molar refractivity (Wildman–Crippen MR) is 71.4 cm³/mol. The molecule has 2 heterocycles. The van der Waals surface area contributed by atoms with Crippen molar-refractivity contribution >= 4 is 5.91 Å². The molecular formula is C14H26N2O2. The van der Waals surface area contributed by atoms with Crippen molar-refractivity contribution in [2.24, 2.45) is 5.92 Å². The Morgan fingerprint density at radius 3 is 2.94 bits per heavy atom. The van der Waals surface area contributed by atoms with Crippen LogP contribution in [0.4, 0.5) is 0 Å². The van der Waals surface area contributed by atoms with Gasteiger partial charge in [0.2, 0.25) is 5.91 Å². The van der Waals surface area contributed by atoms with Crippen LogP contribution in [0.3, 0.4) is 0 Å². The Kier molecular flexibility index (Phi) is 5.01. The highest BCUT2D eigenvalue weighted by atomic mass is 16.5. The van der Waals surface area contributed by atoms with Gasteiger partial charge >= 0.3 is 0 Å². The van der Waals surface area contributed by atoms with Crippen LogP contribution >= 0.6 is 0 Å². The molecule has 0 radical (unpaired) electrons. The van der Waals surface area contributed by atoms with E-state index in [4.69, 9.17) is 4.74 Å². The molecule has 2 aliphatic rings. The number of carbonyl (C=O) groups excluding carboxylic acids is 1. The first kappa shape index (κ1) is 13.8. The lowest BCUT2D eigenvalue weighted by Crippen LogP contribution is -2.47. The molecule has 4 nitrogen and oxygen atoms in total. The molecule has 0 aromatic rings. The minimum absolute atomic E-state index is 0.0312. The van der Waals surface area contributed by atoms with E-state index < -0.39 is 0 Å². The zero-order chi connectivity index (χ0) is 13.0. The Balaban J connectivity index is 1.94. The summed E-state index contributed by atoms with van der Waals surface area (Å²) in [6.07, 6.45) is 4.50. The summed E-state index contributed by atoms with van der Waals surface area (Å²) >= 11 is 0. The first-order valence-corrected chi connectivity index (χ1v) is 7.39. The molecule has 2 fully saturated rings. The van der Waals surface area contributed by atoms with E-state index in [1.165, 1.54) is 6.42 Å². The number of likely N-dealkylation sites (tertiary alicyclic amines) is 1. The highest BCUT2D eigenvalue weighted by Crippen LogP contribution is 2.25. The second-order valence-corrected chi connectivity index (χ2v) is 5.44. The Morgan fingerprint density at radius 2 is 2.22 bits per heavy atom. The fraction of sp³-hybridized carbons (Fsp3) is 0.929. The smallest absolute Gasteiger partial charge is 0.229 e. The quantitative estimate of drug-likeness (QED) is 0.806. The minimum atomic E-state index is 0.0312. The summed E-state index contributed by atoms with van der Waals surface area (Å²) in [7, 11) is 0. The molecule has 2 rings (SSSR count). The molecule has 2 saturated heterocycles. The number of carbonyl (C=O) groups is 1. The average molecular weight is 254 g/mol. The largest absolute Gasteiger partial charge is 0.379 e. The van der Waals surface area contributed by atoms with Crippen molar-refractivity contribution in [1.82, 2.24) is 10.2 Å². The zero-order valence-electron chi connectivity index (χ0n) is 11.7. The molecule has 2 aliphatic heterocycles. The fourth-order valence-electron chi connectivity index (χ4n) is 3.09. The molecule has 18 heavy (non-hydrogen) atoms. The van der Waals surface area contributed by atoms with Crippen LogP contribution in [-0.4, -0.2) is 49.2 Å². The van der Waals surface area contributed by atoms with Gasteiger partial charge in [0.05, 0.1) is 19.1 Å². The monoisotopic (exact) mass is 254 g/mol. The fourth-order valence-corrected chi connectivity index (χ4v) is 3.09. The van der Waals surface area contributed by atoms with Gasteiger partial charge in [-0.15, -0.1) is 0 Å². The molecule has 104 valence electrons. The Hall–Kier alpha value is -0.610. The van der Waals surface area contributed by atoms with Crippen LogP contribution < -0.4 is 5.32 Å². The molecule has 0 aromatic carbocycles. The highest BCUT2D eigenvalue weighted by molar-refractivity contribution is 5.80. The van der Waals surface area contributed by atoms with Gasteiger partial charge in [-0.05, 0) is 32.2 Å². The minimum Gasteiger partial charge on any atom is -0.379 e. The molecule has 1 N–H and O–H groups in total. The van der Waals surface area contributed by atoms with Gasteiger partial charge in [0.25, 0.3) is 0 Å². The van der Waals surface area contributed by atoms with Crippen LogP contribution in [0.2, 0.25) is 0 Å². The van der Waals surface area contributed by atoms with Crippen LogP contribution in [0, 0.1) is 5.92 Å². The van der Waals surface area contributed by atoms with Crippen molar-refractivity contribution in [2.45, 2.75) is 51.6 Å². The molecule has 0 aromatic heterocycles. The van der Waals surface area contributed by atoms with E-state index in [9.17, 15) is 4.79 Å². The maximum absolute atomic E-state index is 12.6. The lowest BCUT2D eigenvalue weighted by molar-refractivity contribution is -0.136. The van der Waals surface area contributed by atoms with Crippen LogP contribution in [-0.2, 0) is 9.53 Å². The first-order valence-electron chi connectivity index (χ1n) is 7.39. The summed E-state index contributed by atoms with van der Waals surface area (Å²) < 4.78 is 5.51. The van der Waals surface area contributed by atoms with Gasteiger partial charge in [0.15, 0.2) is 0 Å². The lowest BCUT2D eigenvalue weighted by Gasteiger charge is -2.28. The summed E-state index contributed by atoms with van der Waals surface area (Å²) in [5.41, 5.74) is 0. The molecule has 0 saturated carbocycles. The Bertz CT molecular complexity index is 283. The lowest BCUT2D eigenvalue weighted by atomic mass is 10.0. The van der Waals surface area contributed by atoms with E-state index in [0.717, 1.165) is 32.4 Å². The van der Waals surface area contributed by atoms with E-state index in [2.05, 4.69) is 24.1 Å². The summed E-state index contributed by atoms with van der Waals surface area (Å²) in [5.74, 6) is 0.342. The maximum atomic E-state index is 12.6. The molecule has 3 unspecified atom stereocenters. The van der Waals surface area contributed by atoms with Crippen LogP contribution in [0.15, 0.2) is 0 Å². The predicted octanol–water partition coefficient (Wildman–Crippen LogP) is 1.40. The molecular weight excluding hydrogens is 228 g/mol. The summed E-state index contributed by atoms with van der Waals surface area (Å²) in [6.45, 7) is 7.50. The van der Waals surface area contributed by atoms with Crippen molar-refractivity contribution < 1.29 is 9.53 Å². The standard InChI is InChI=1S/C14H26N2O2/c1-3-7-15-13-10-18-9-12(13)14(17)16-8-5-6-11(16)4-2/h11-13,15H,3-10H2,1-2H3. The van der Waals surface area contributed by atoms with Crippen molar-refractivity contribution in [3.8, 4) is 0 Å². The third kappa shape index (κ3) is 2.86. The van der Waals surface area contributed by atoms with Gasteiger partial charge in [-0.3, -0.25) is 4.79 Å². The number of rotatable bonds is 5. The van der Waals surface area contributed by atoms with Crippen LogP contribution in [0.1, 0.15) is 39.5 Å². The molecule has 4 heteroatoms. The van der Waals surface area contributed by atoms with Crippen molar-refractivity contribution in [3.05, 3.63) is 0 Å². The van der Waals surface area contributed by atoms with Gasteiger partial charge in [-0.25, -0.2) is 0 Å². The zero-order valence-corrected chi connectivity index (χ0v) is 11.7. The first-order chi connectivity index (χ1) is 8.77. The number of hydrogen-bond acceptors (Lipinski definition) is 3. The van der Waals surface area contributed by atoms with Crippen molar-refractivity contribution in [3.63, 3.8) is 0 Å². The number of amides is 1. The third-order valence-corrected chi connectivity index (χ3v) is 4.19. The number of nitrogens with one attached hydrogen (secondary N) is 1. The third-order valence-electron chi connectivity index (χ3n) is 4.19. The number of hydrogen-bond donors (Lipinski definition) is 1. The van der Waals surface area contributed by atoms with Gasteiger partial charge in [-0.1, -0.05) is 13.8 Å². The molecule has 0 bridgehead atoms. The number of ether oxygens (including phenoxy) is 1. The van der Waals surface area contributed by atoms with E-state index >= 15 is 0 Å². The van der Waals surface area contributed by atoms with Gasteiger partial charge in [-0.2, -0.15) is 0 Å². The van der Waals surface area contributed by atoms with Crippen LogP contribution in [0.5, 0.6) is 0 Å². The molecule has 1 amide bonds. The van der Waals surface area contributed by atoms with E-state index in [1.54, 1.807) is 0 Å². The SMILES string of the molecule is CCCNC1COCC1C(=O)N1CCCC1CC. The maximum Gasteiger partial charge on any atom is 0.229 e. The van der Waals surface area contributed by atoms with E-state index in [-0.39, 0.29) is 12.0 Å². The summed E-state index contributed by atoms with van der Waals surface area (Å²) in [6, 6.07) is 0.681. The topological polar surface area (TPSA) is 41.6 Å². The molecule has 3 atom stereocenters.